The highest BCUT2D eigenvalue weighted by Crippen LogP contribution is 2.30. The molecule has 1 amide bonds. The first-order valence-corrected chi connectivity index (χ1v) is 6.81. The molecular weight excluding hydrogens is 271 g/mol. The minimum Gasteiger partial charge on any atom is -0.335 e. The van der Waals surface area contributed by atoms with Crippen LogP contribution in [0.3, 0.4) is 0 Å². The monoisotopic (exact) mass is 286 g/mol. The second-order valence-electron chi connectivity index (χ2n) is 4.54. The Kier molecular flexibility index (Phi) is 4.49. The first kappa shape index (κ1) is 13.7. The Morgan fingerprint density at radius 2 is 2.06 bits per heavy atom. The fourth-order valence-electron chi connectivity index (χ4n) is 1.91. The Morgan fingerprint density at radius 1 is 1.33 bits per heavy atom. The molecule has 3 nitrogen and oxygen atoms in total. The van der Waals surface area contributed by atoms with Gasteiger partial charge in [0, 0.05) is 25.6 Å². The Labute approximate surface area is 117 Å². The van der Waals surface area contributed by atoms with Crippen molar-refractivity contribution >= 4 is 29.1 Å². The van der Waals surface area contributed by atoms with Gasteiger partial charge in [-0.05, 0) is 30.5 Å². The van der Waals surface area contributed by atoms with E-state index in [-0.39, 0.29) is 5.91 Å². The highest BCUT2D eigenvalue weighted by atomic mass is 35.5. The fraction of sp³-hybridized carbons (Fsp3) is 0.462. The summed E-state index contributed by atoms with van der Waals surface area (Å²) < 4.78 is 0. The van der Waals surface area contributed by atoms with Crippen molar-refractivity contribution in [2.45, 2.75) is 31.8 Å². The van der Waals surface area contributed by atoms with E-state index in [1.807, 2.05) is 17.0 Å². The van der Waals surface area contributed by atoms with Gasteiger partial charge in [0.05, 0.1) is 10.0 Å². The molecule has 0 spiro atoms. The number of nitrogens with zero attached hydrogens (tertiary/aromatic N) is 1. The summed E-state index contributed by atoms with van der Waals surface area (Å²) in [4.78, 5) is 13.9. The lowest BCUT2D eigenvalue weighted by Gasteiger charge is -2.22. The van der Waals surface area contributed by atoms with E-state index in [1.165, 1.54) is 0 Å². The number of benzene rings is 1. The normalized spacial score (nSPS) is 14.6. The molecule has 98 valence electrons. The summed E-state index contributed by atoms with van der Waals surface area (Å²) in [6, 6.07) is 5.85. The molecular formula is C13H16Cl2N2O. The molecule has 0 saturated heterocycles. The van der Waals surface area contributed by atoms with Crippen molar-refractivity contribution in [3.05, 3.63) is 33.8 Å². The number of rotatable bonds is 5. The highest BCUT2D eigenvalue weighted by molar-refractivity contribution is 6.42. The van der Waals surface area contributed by atoms with Gasteiger partial charge in [0.2, 0.25) is 5.91 Å². The van der Waals surface area contributed by atoms with E-state index in [2.05, 4.69) is 0 Å². The van der Waals surface area contributed by atoms with Gasteiger partial charge in [-0.15, -0.1) is 0 Å². The molecule has 0 heterocycles. The zero-order valence-corrected chi connectivity index (χ0v) is 11.5. The molecule has 0 unspecified atom stereocenters. The molecule has 0 atom stereocenters. The lowest BCUT2D eigenvalue weighted by Crippen LogP contribution is -2.33. The molecule has 0 aromatic heterocycles. The van der Waals surface area contributed by atoms with Crippen LogP contribution in [0.25, 0.3) is 0 Å². The molecule has 1 aromatic rings. The summed E-state index contributed by atoms with van der Waals surface area (Å²) in [7, 11) is 0. The molecule has 2 rings (SSSR count). The van der Waals surface area contributed by atoms with Gasteiger partial charge in [-0.25, -0.2) is 0 Å². The topological polar surface area (TPSA) is 46.3 Å². The van der Waals surface area contributed by atoms with Gasteiger partial charge in [0.15, 0.2) is 0 Å². The number of carbonyl (C=O) groups excluding carboxylic acids is 1. The average molecular weight is 287 g/mol. The van der Waals surface area contributed by atoms with Crippen LogP contribution in [0.2, 0.25) is 10.0 Å². The van der Waals surface area contributed by atoms with Crippen LogP contribution >= 0.6 is 23.2 Å². The van der Waals surface area contributed by atoms with Crippen LogP contribution in [-0.2, 0) is 11.3 Å². The minimum absolute atomic E-state index is 0.117. The summed E-state index contributed by atoms with van der Waals surface area (Å²) in [6.07, 6.45) is 2.56. The van der Waals surface area contributed by atoms with Crippen LogP contribution < -0.4 is 5.73 Å². The molecule has 0 radical (unpaired) electrons. The third-order valence-corrected chi connectivity index (χ3v) is 3.74. The Morgan fingerprint density at radius 3 is 2.61 bits per heavy atom. The van der Waals surface area contributed by atoms with Gasteiger partial charge in [-0.1, -0.05) is 29.3 Å². The number of hydrogen-bond acceptors (Lipinski definition) is 2. The van der Waals surface area contributed by atoms with Gasteiger partial charge in [-0.3, -0.25) is 4.79 Å². The summed E-state index contributed by atoms with van der Waals surface area (Å²) >= 11 is 11.9. The maximum atomic E-state index is 12.0. The van der Waals surface area contributed by atoms with Crippen LogP contribution in [-0.4, -0.2) is 23.4 Å². The first-order valence-electron chi connectivity index (χ1n) is 6.05. The van der Waals surface area contributed by atoms with Crippen molar-refractivity contribution < 1.29 is 4.79 Å². The van der Waals surface area contributed by atoms with E-state index >= 15 is 0 Å². The molecule has 2 N–H and O–H groups in total. The molecule has 5 heteroatoms. The first-order chi connectivity index (χ1) is 8.61. The third kappa shape index (κ3) is 3.37. The number of amides is 1. The van der Waals surface area contributed by atoms with Gasteiger partial charge in [0.25, 0.3) is 0 Å². The zero-order valence-electron chi connectivity index (χ0n) is 10.0. The predicted molar refractivity (Wildman–Crippen MR) is 73.7 cm³/mol. The molecule has 0 bridgehead atoms. The van der Waals surface area contributed by atoms with E-state index < -0.39 is 0 Å². The number of halogens is 2. The highest BCUT2D eigenvalue weighted by Gasteiger charge is 2.31. The Balaban J connectivity index is 2.08. The number of nitrogens with two attached hydrogens (primary N) is 1. The van der Waals surface area contributed by atoms with Crippen LogP contribution in [0.4, 0.5) is 0 Å². The van der Waals surface area contributed by atoms with Crippen molar-refractivity contribution in [3.63, 3.8) is 0 Å². The third-order valence-electron chi connectivity index (χ3n) is 3.00. The quantitative estimate of drug-likeness (QED) is 0.905. The molecule has 1 aliphatic carbocycles. The number of carbonyl (C=O) groups is 1. The van der Waals surface area contributed by atoms with Gasteiger partial charge < -0.3 is 10.6 Å². The van der Waals surface area contributed by atoms with Crippen LogP contribution in [0.5, 0.6) is 0 Å². The van der Waals surface area contributed by atoms with Crippen molar-refractivity contribution in [2.24, 2.45) is 5.73 Å². The average Bonchev–Trinajstić information content (AvgIpc) is 3.15. The maximum Gasteiger partial charge on any atom is 0.224 e. The standard InChI is InChI=1S/C13H16Cl2N2O/c14-11-4-1-9(7-12(11)15)8-17(10-2-3-10)13(18)5-6-16/h1,4,7,10H,2-3,5-6,8,16H2. The Bertz CT molecular complexity index is 447. The Hall–Kier alpha value is -0.770. The second kappa shape index (κ2) is 5.91. The largest absolute Gasteiger partial charge is 0.335 e. The lowest BCUT2D eigenvalue weighted by molar-refractivity contribution is -0.132. The molecule has 0 aliphatic heterocycles. The van der Waals surface area contributed by atoms with E-state index in [4.69, 9.17) is 28.9 Å². The number of hydrogen-bond donors (Lipinski definition) is 1. The molecule has 1 aliphatic rings. The fourth-order valence-corrected chi connectivity index (χ4v) is 2.23. The van der Waals surface area contributed by atoms with E-state index in [1.54, 1.807) is 6.07 Å². The maximum absolute atomic E-state index is 12.0. The SMILES string of the molecule is NCCC(=O)N(Cc1ccc(Cl)c(Cl)c1)C1CC1. The van der Waals surface area contributed by atoms with E-state index in [0.29, 0.717) is 35.6 Å². The zero-order chi connectivity index (χ0) is 13.1. The predicted octanol–water partition coefficient (Wildman–Crippen LogP) is 2.83. The molecule has 1 aromatic carbocycles. The summed E-state index contributed by atoms with van der Waals surface area (Å²) in [5.41, 5.74) is 6.44. The second-order valence-corrected chi connectivity index (χ2v) is 5.35. The summed E-state index contributed by atoms with van der Waals surface area (Å²) in [5.74, 6) is 0.117. The smallest absolute Gasteiger partial charge is 0.224 e. The van der Waals surface area contributed by atoms with Gasteiger partial charge in [0.1, 0.15) is 0 Å². The molecule has 18 heavy (non-hydrogen) atoms. The van der Waals surface area contributed by atoms with Crippen molar-refractivity contribution in [2.75, 3.05) is 6.54 Å². The van der Waals surface area contributed by atoms with Crippen LogP contribution in [0.15, 0.2) is 18.2 Å². The van der Waals surface area contributed by atoms with E-state index in [9.17, 15) is 4.79 Å². The molecule has 1 saturated carbocycles. The van der Waals surface area contributed by atoms with E-state index in [0.717, 1.165) is 18.4 Å². The van der Waals surface area contributed by atoms with Crippen LogP contribution in [0, 0.1) is 0 Å². The summed E-state index contributed by atoms with van der Waals surface area (Å²) in [5, 5.41) is 1.06. The van der Waals surface area contributed by atoms with Crippen LogP contribution in [0.1, 0.15) is 24.8 Å². The van der Waals surface area contributed by atoms with Crippen molar-refractivity contribution in [1.82, 2.24) is 4.90 Å². The summed E-state index contributed by atoms with van der Waals surface area (Å²) in [6.45, 7) is 0.976. The van der Waals surface area contributed by atoms with Crippen molar-refractivity contribution in [3.8, 4) is 0 Å². The lowest BCUT2D eigenvalue weighted by atomic mass is 10.2. The van der Waals surface area contributed by atoms with Crippen molar-refractivity contribution in [1.29, 1.82) is 0 Å². The van der Waals surface area contributed by atoms with Gasteiger partial charge >= 0.3 is 0 Å². The molecule has 1 fully saturated rings. The van der Waals surface area contributed by atoms with Gasteiger partial charge in [-0.2, -0.15) is 0 Å². The minimum atomic E-state index is 0.117.